The number of fused-ring (bicyclic) bond motifs is 3. The molecule has 1 aromatic rings. The Labute approximate surface area is 150 Å². The van der Waals surface area contributed by atoms with E-state index in [9.17, 15) is 0 Å². The summed E-state index contributed by atoms with van der Waals surface area (Å²) < 4.78 is 11.6. The predicted octanol–water partition coefficient (Wildman–Crippen LogP) is 1.92. The van der Waals surface area contributed by atoms with Gasteiger partial charge in [-0.15, -0.1) is 0 Å². The van der Waals surface area contributed by atoms with E-state index in [4.69, 9.17) is 9.47 Å². The van der Waals surface area contributed by atoms with Crippen LogP contribution in [0.3, 0.4) is 0 Å². The zero-order chi connectivity index (χ0) is 17.6. The Hall–Kier alpha value is -1.50. The molecule has 1 aromatic carbocycles. The van der Waals surface area contributed by atoms with E-state index in [1.165, 1.54) is 22.5 Å². The number of ether oxygens (including phenoxy) is 2. The van der Waals surface area contributed by atoms with Crippen LogP contribution in [-0.2, 0) is 17.8 Å². The average Bonchev–Trinajstić information content (AvgIpc) is 3.41. The fourth-order valence-electron chi connectivity index (χ4n) is 4.12. The summed E-state index contributed by atoms with van der Waals surface area (Å²) in [6.07, 6.45) is 0.280. The topological polar surface area (TPSA) is 34.7 Å². The van der Waals surface area contributed by atoms with Gasteiger partial charge in [0.1, 0.15) is 18.5 Å². The first-order chi connectivity index (χ1) is 12.1. The second-order valence-corrected chi connectivity index (χ2v) is 7.50. The normalized spacial score (nSPS) is 23.4. The van der Waals surface area contributed by atoms with Crippen LogP contribution in [0.5, 0.6) is 5.75 Å². The fraction of sp³-hybridized carbons (Fsp3) is 0.684. The summed E-state index contributed by atoms with van der Waals surface area (Å²) in [6, 6.07) is 2.28. The zero-order valence-electron chi connectivity index (χ0n) is 15.9. The maximum atomic E-state index is 6.24. The van der Waals surface area contributed by atoms with E-state index in [0.717, 1.165) is 51.9 Å². The van der Waals surface area contributed by atoms with Crippen LogP contribution in [0.4, 0.5) is 11.4 Å². The maximum Gasteiger partial charge on any atom is 0.143 e. The second-order valence-electron chi connectivity index (χ2n) is 7.50. The van der Waals surface area contributed by atoms with Gasteiger partial charge in [0, 0.05) is 37.4 Å². The molecule has 25 heavy (non-hydrogen) atoms. The Morgan fingerprint density at radius 1 is 1.04 bits per heavy atom. The van der Waals surface area contributed by atoms with Crippen molar-refractivity contribution in [1.82, 2.24) is 9.80 Å². The van der Waals surface area contributed by atoms with Crippen molar-refractivity contribution < 1.29 is 9.47 Å². The van der Waals surface area contributed by atoms with Crippen LogP contribution in [0.25, 0.3) is 0 Å². The molecule has 0 saturated carbocycles. The number of anilines is 2. The van der Waals surface area contributed by atoms with Gasteiger partial charge in [-0.3, -0.25) is 9.80 Å². The van der Waals surface area contributed by atoms with Gasteiger partial charge in [0.05, 0.1) is 25.6 Å². The van der Waals surface area contributed by atoms with E-state index in [0.29, 0.717) is 6.61 Å². The lowest BCUT2D eigenvalue weighted by molar-refractivity contribution is 0.255. The highest BCUT2D eigenvalue weighted by molar-refractivity contribution is 5.78. The number of hydrogen-bond acceptors (Lipinski definition) is 6. The highest BCUT2D eigenvalue weighted by atomic mass is 16.6. The molecule has 0 bridgehead atoms. The molecule has 3 aliphatic heterocycles. The fourth-order valence-corrected chi connectivity index (χ4v) is 4.12. The van der Waals surface area contributed by atoms with Crippen molar-refractivity contribution in [3.8, 4) is 5.75 Å². The van der Waals surface area contributed by atoms with E-state index in [1.54, 1.807) is 0 Å². The molecule has 3 aliphatic rings. The molecule has 1 atom stereocenters. The zero-order valence-corrected chi connectivity index (χ0v) is 15.9. The molecule has 0 N–H and O–H groups in total. The van der Waals surface area contributed by atoms with Crippen LogP contribution in [0.15, 0.2) is 6.07 Å². The van der Waals surface area contributed by atoms with Gasteiger partial charge >= 0.3 is 0 Å². The maximum absolute atomic E-state index is 6.24. The molecule has 1 saturated heterocycles. The van der Waals surface area contributed by atoms with E-state index >= 15 is 0 Å². The lowest BCUT2D eigenvalue weighted by Gasteiger charge is -2.43. The summed E-state index contributed by atoms with van der Waals surface area (Å²) >= 11 is 0. The van der Waals surface area contributed by atoms with Crippen LogP contribution < -0.4 is 14.5 Å². The molecule has 3 heterocycles. The summed E-state index contributed by atoms with van der Waals surface area (Å²) in [7, 11) is 4.39. The minimum absolute atomic E-state index is 0.280. The Kier molecular flexibility index (Phi) is 4.52. The van der Waals surface area contributed by atoms with Crippen molar-refractivity contribution in [3.63, 3.8) is 0 Å². The molecular weight excluding hydrogens is 316 g/mol. The van der Waals surface area contributed by atoms with Crippen molar-refractivity contribution >= 4 is 11.4 Å². The first-order valence-corrected chi connectivity index (χ1v) is 9.40. The lowest BCUT2D eigenvalue weighted by atomic mass is 9.97. The van der Waals surface area contributed by atoms with Crippen molar-refractivity contribution in [1.29, 1.82) is 0 Å². The van der Waals surface area contributed by atoms with Crippen LogP contribution >= 0.6 is 0 Å². The van der Waals surface area contributed by atoms with Crippen LogP contribution in [0, 0.1) is 0 Å². The molecule has 1 unspecified atom stereocenters. The highest BCUT2D eigenvalue weighted by Crippen LogP contribution is 2.45. The molecule has 0 aromatic heterocycles. The standard InChI is InChI=1S/C19H30N4O2/c1-5-22-12-20(3)8-14-7-17(25-11-15-10-24-15)19-16(18(14)22)9-21(4)13-23(19)6-2/h7,15H,5-6,8-13H2,1-4H3. The van der Waals surface area contributed by atoms with Crippen molar-refractivity contribution in [2.75, 3.05) is 63.5 Å². The van der Waals surface area contributed by atoms with Crippen molar-refractivity contribution in [3.05, 3.63) is 17.2 Å². The Bertz CT molecular complexity index is 647. The van der Waals surface area contributed by atoms with Crippen molar-refractivity contribution in [2.45, 2.75) is 33.0 Å². The summed E-state index contributed by atoms with van der Waals surface area (Å²) in [5, 5.41) is 0. The van der Waals surface area contributed by atoms with Crippen LogP contribution in [0.1, 0.15) is 25.0 Å². The van der Waals surface area contributed by atoms with Crippen molar-refractivity contribution in [2.24, 2.45) is 0 Å². The molecule has 0 spiro atoms. The third-order valence-electron chi connectivity index (χ3n) is 5.33. The molecule has 0 radical (unpaired) electrons. The number of rotatable bonds is 5. The molecule has 138 valence electrons. The average molecular weight is 346 g/mol. The molecule has 1 fully saturated rings. The molecule has 0 aliphatic carbocycles. The first kappa shape index (κ1) is 16.9. The number of hydrogen-bond donors (Lipinski definition) is 0. The summed E-state index contributed by atoms with van der Waals surface area (Å²) in [4.78, 5) is 9.70. The summed E-state index contributed by atoms with van der Waals surface area (Å²) in [6.45, 7) is 11.9. The smallest absolute Gasteiger partial charge is 0.143 e. The SMILES string of the molecule is CCN1CN(C)Cc2cc(OCC3CO3)c3c(c21)CN(C)CN3CC. The second kappa shape index (κ2) is 6.67. The Balaban J connectivity index is 1.82. The Morgan fingerprint density at radius 2 is 1.68 bits per heavy atom. The highest BCUT2D eigenvalue weighted by Gasteiger charge is 2.33. The van der Waals surface area contributed by atoms with E-state index in [-0.39, 0.29) is 6.10 Å². The van der Waals surface area contributed by atoms with Gasteiger partial charge in [0.15, 0.2) is 0 Å². The van der Waals surface area contributed by atoms with E-state index < -0.39 is 0 Å². The number of benzene rings is 1. The summed E-state index contributed by atoms with van der Waals surface area (Å²) in [5.74, 6) is 1.03. The van der Waals surface area contributed by atoms with Gasteiger partial charge in [-0.05, 0) is 39.6 Å². The van der Waals surface area contributed by atoms with E-state index in [1.807, 2.05) is 0 Å². The largest absolute Gasteiger partial charge is 0.489 e. The van der Waals surface area contributed by atoms with Gasteiger partial charge in [-0.25, -0.2) is 0 Å². The van der Waals surface area contributed by atoms with Crippen LogP contribution in [0.2, 0.25) is 0 Å². The predicted molar refractivity (Wildman–Crippen MR) is 100 cm³/mol. The first-order valence-electron chi connectivity index (χ1n) is 9.40. The molecule has 4 rings (SSSR count). The minimum atomic E-state index is 0.280. The van der Waals surface area contributed by atoms with Gasteiger partial charge < -0.3 is 19.3 Å². The third kappa shape index (κ3) is 3.18. The van der Waals surface area contributed by atoms with Crippen LogP contribution in [-0.4, -0.2) is 69.6 Å². The quantitative estimate of drug-likeness (QED) is 0.758. The molecule has 0 amide bonds. The summed E-state index contributed by atoms with van der Waals surface area (Å²) in [5.41, 5.74) is 5.53. The van der Waals surface area contributed by atoms with E-state index in [2.05, 4.69) is 53.6 Å². The number of nitrogens with zero attached hydrogens (tertiary/aromatic N) is 4. The Morgan fingerprint density at radius 3 is 2.32 bits per heavy atom. The molecule has 6 nitrogen and oxygen atoms in total. The monoisotopic (exact) mass is 346 g/mol. The van der Waals surface area contributed by atoms with Gasteiger partial charge in [-0.1, -0.05) is 0 Å². The number of epoxide rings is 1. The lowest BCUT2D eigenvalue weighted by Crippen LogP contribution is -2.44. The minimum Gasteiger partial charge on any atom is -0.489 e. The molecular formula is C19H30N4O2. The van der Waals surface area contributed by atoms with Gasteiger partial charge in [-0.2, -0.15) is 0 Å². The van der Waals surface area contributed by atoms with Gasteiger partial charge in [0.25, 0.3) is 0 Å². The van der Waals surface area contributed by atoms with Gasteiger partial charge in [0.2, 0.25) is 0 Å². The third-order valence-corrected chi connectivity index (χ3v) is 5.33. The molecule has 6 heteroatoms.